The third kappa shape index (κ3) is 4.43. The van der Waals surface area contributed by atoms with E-state index in [1.807, 2.05) is 18.2 Å². The van der Waals surface area contributed by atoms with Gasteiger partial charge in [0.05, 0.1) is 24.5 Å². The average molecular weight is 395 g/mol. The molecule has 2 unspecified atom stereocenters. The number of carboxylic acids is 1. The quantitative estimate of drug-likeness (QED) is 0.719. The maximum absolute atomic E-state index is 12.5. The maximum atomic E-state index is 12.5. The van der Waals surface area contributed by atoms with Crippen molar-refractivity contribution < 1.29 is 27.9 Å². The van der Waals surface area contributed by atoms with Gasteiger partial charge in [-0.15, -0.1) is 0 Å². The molecule has 7 nitrogen and oxygen atoms in total. The number of aliphatic carboxylic acids is 1. The predicted octanol–water partition coefficient (Wildman–Crippen LogP) is 1.27. The molecule has 1 spiro atoms. The number of nitrogens with one attached hydrogen (secondary N) is 1. The summed E-state index contributed by atoms with van der Waals surface area (Å²) in [5.41, 5.74) is 0.582. The van der Waals surface area contributed by atoms with Crippen molar-refractivity contribution in [3.63, 3.8) is 0 Å². The molecular formula is C19H25NO6S. The molecule has 1 saturated carbocycles. The highest BCUT2D eigenvalue weighted by Gasteiger charge is 2.59. The summed E-state index contributed by atoms with van der Waals surface area (Å²) in [6.45, 7) is 0.0388. The molecule has 0 radical (unpaired) electrons. The van der Waals surface area contributed by atoms with Crippen molar-refractivity contribution in [1.29, 1.82) is 0 Å². The third-order valence-corrected chi connectivity index (χ3v) is 7.51. The van der Waals surface area contributed by atoms with Gasteiger partial charge in [-0.2, -0.15) is 0 Å². The van der Waals surface area contributed by atoms with E-state index < -0.39 is 21.7 Å². The number of hydrogen-bond acceptors (Lipinski definition) is 5. The van der Waals surface area contributed by atoms with Gasteiger partial charge in [0.2, 0.25) is 5.91 Å². The standard InChI is InChI=1S/C19H25NO6S/c1-26-16-5-3-2-4-13(16)10-14(18(22)23)12-20-17(21)15-11-19(15)6-8-27(24,25)9-7-19/h2-5,14-15H,6-12H2,1H3,(H,20,21)(H,22,23). The number of carbonyl (C=O) groups excluding carboxylic acids is 1. The van der Waals surface area contributed by atoms with E-state index >= 15 is 0 Å². The number of benzene rings is 1. The Morgan fingerprint density at radius 1 is 1.30 bits per heavy atom. The Kier molecular flexibility index (Phi) is 5.46. The predicted molar refractivity (Wildman–Crippen MR) is 99.3 cm³/mol. The van der Waals surface area contributed by atoms with E-state index in [-0.39, 0.29) is 41.7 Å². The zero-order valence-electron chi connectivity index (χ0n) is 15.3. The summed E-state index contributed by atoms with van der Waals surface area (Å²) >= 11 is 0. The molecule has 1 aliphatic carbocycles. The Labute approximate surface area is 159 Å². The van der Waals surface area contributed by atoms with Gasteiger partial charge in [0.15, 0.2) is 0 Å². The summed E-state index contributed by atoms with van der Waals surface area (Å²) in [6, 6.07) is 7.23. The highest BCUT2D eigenvalue weighted by molar-refractivity contribution is 7.91. The zero-order valence-corrected chi connectivity index (χ0v) is 16.1. The van der Waals surface area contributed by atoms with E-state index in [4.69, 9.17) is 4.74 Å². The molecular weight excluding hydrogens is 370 g/mol. The van der Waals surface area contributed by atoms with Crippen molar-refractivity contribution in [2.75, 3.05) is 25.2 Å². The van der Waals surface area contributed by atoms with E-state index in [2.05, 4.69) is 5.32 Å². The zero-order chi connectivity index (χ0) is 19.7. The van der Waals surface area contributed by atoms with Crippen molar-refractivity contribution in [2.45, 2.75) is 25.7 Å². The molecule has 2 aliphatic rings. The molecule has 27 heavy (non-hydrogen) atoms. The molecule has 0 aromatic heterocycles. The molecule has 8 heteroatoms. The Morgan fingerprint density at radius 2 is 1.96 bits per heavy atom. The normalized spacial score (nSPS) is 23.4. The van der Waals surface area contributed by atoms with Crippen LogP contribution in [0, 0.1) is 17.3 Å². The molecule has 2 atom stereocenters. The van der Waals surface area contributed by atoms with Crippen molar-refractivity contribution in [2.24, 2.45) is 17.3 Å². The highest BCUT2D eigenvalue weighted by Crippen LogP contribution is 2.59. The van der Waals surface area contributed by atoms with Gasteiger partial charge in [0.25, 0.3) is 0 Å². The van der Waals surface area contributed by atoms with E-state index in [1.165, 1.54) is 7.11 Å². The number of sulfone groups is 1. The highest BCUT2D eigenvalue weighted by atomic mass is 32.2. The van der Waals surface area contributed by atoms with E-state index in [1.54, 1.807) is 6.07 Å². The molecule has 148 valence electrons. The monoisotopic (exact) mass is 395 g/mol. The molecule has 1 aromatic rings. The van der Waals surface area contributed by atoms with E-state index in [9.17, 15) is 23.1 Å². The Bertz CT molecular complexity index is 820. The number of ether oxygens (including phenoxy) is 1. The number of amides is 1. The summed E-state index contributed by atoms with van der Waals surface area (Å²) in [4.78, 5) is 24.1. The average Bonchev–Trinajstić information content (AvgIpc) is 3.36. The molecule has 1 heterocycles. The molecule has 1 saturated heterocycles. The van der Waals surface area contributed by atoms with Crippen molar-refractivity contribution in [3.05, 3.63) is 29.8 Å². The van der Waals surface area contributed by atoms with Crippen LogP contribution in [-0.2, 0) is 25.8 Å². The lowest BCUT2D eigenvalue weighted by Gasteiger charge is -2.22. The van der Waals surface area contributed by atoms with Crippen LogP contribution in [0.4, 0.5) is 0 Å². The topological polar surface area (TPSA) is 110 Å². The second kappa shape index (κ2) is 7.50. The minimum atomic E-state index is -2.96. The fraction of sp³-hybridized carbons (Fsp3) is 0.579. The second-order valence-electron chi connectivity index (χ2n) is 7.57. The molecule has 3 rings (SSSR count). The van der Waals surface area contributed by atoms with Crippen molar-refractivity contribution in [3.8, 4) is 5.75 Å². The van der Waals surface area contributed by atoms with Crippen molar-refractivity contribution >= 4 is 21.7 Å². The fourth-order valence-corrected chi connectivity index (χ4v) is 5.59. The minimum Gasteiger partial charge on any atom is -0.496 e. The molecule has 0 bridgehead atoms. The number of rotatable bonds is 7. The van der Waals surface area contributed by atoms with Crippen LogP contribution in [0.1, 0.15) is 24.8 Å². The lowest BCUT2D eigenvalue weighted by molar-refractivity contribution is -0.141. The van der Waals surface area contributed by atoms with Crippen LogP contribution in [-0.4, -0.2) is 50.6 Å². The lowest BCUT2D eigenvalue weighted by atomic mass is 9.95. The van der Waals surface area contributed by atoms with Gasteiger partial charge in [-0.1, -0.05) is 18.2 Å². The third-order valence-electron chi connectivity index (χ3n) is 5.86. The fourth-order valence-electron chi connectivity index (χ4n) is 3.95. The van der Waals surface area contributed by atoms with Crippen LogP contribution in [0.3, 0.4) is 0 Å². The number of carboxylic acid groups (broad SMARTS) is 1. The smallest absolute Gasteiger partial charge is 0.308 e. The van der Waals surface area contributed by atoms with Crippen LogP contribution < -0.4 is 10.1 Å². The largest absolute Gasteiger partial charge is 0.496 e. The first-order valence-corrected chi connectivity index (χ1v) is 10.9. The van der Waals surface area contributed by atoms with Gasteiger partial charge in [0, 0.05) is 12.5 Å². The Balaban J connectivity index is 1.56. The van der Waals surface area contributed by atoms with Crippen LogP contribution >= 0.6 is 0 Å². The summed E-state index contributed by atoms with van der Waals surface area (Å²) in [5, 5.41) is 12.3. The van der Waals surface area contributed by atoms with Gasteiger partial charge in [0.1, 0.15) is 15.6 Å². The maximum Gasteiger partial charge on any atom is 0.308 e. The minimum absolute atomic E-state index is 0.0388. The van der Waals surface area contributed by atoms with Gasteiger partial charge in [-0.3, -0.25) is 9.59 Å². The van der Waals surface area contributed by atoms with Crippen molar-refractivity contribution in [1.82, 2.24) is 5.32 Å². The van der Waals surface area contributed by atoms with Gasteiger partial charge in [-0.25, -0.2) is 8.42 Å². The first-order valence-electron chi connectivity index (χ1n) is 9.09. The van der Waals surface area contributed by atoms with Gasteiger partial charge < -0.3 is 15.2 Å². The molecule has 1 aliphatic heterocycles. The summed E-state index contributed by atoms with van der Waals surface area (Å²) < 4.78 is 28.4. The second-order valence-corrected chi connectivity index (χ2v) is 9.87. The number of carbonyl (C=O) groups is 2. The van der Waals surface area contributed by atoms with Gasteiger partial charge in [-0.05, 0) is 42.7 Å². The number of para-hydroxylation sites is 1. The first kappa shape index (κ1) is 19.7. The van der Waals surface area contributed by atoms with Crippen LogP contribution in [0.2, 0.25) is 0 Å². The lowest BCUT2D eigenvalue weighted by Crippen LogP contribution is -2.37. The molecule has 1 amide bonds. The van der Waals surface area contributed by atoms with E-state index in [0.29, 0.717) is 25.0 Å². The van der Waals surface area contributed by atoms with Gasteiger partial charge >= 0.3 is 5.97 Å². The number of methoxy groups -OCH3 is 1. The Morgan fingerprint density at radius 3 is 2.59 bits per heavy atom. The molecule has 1 aromatic carbocycles. The summed E-state index contributed by atoms with van der Waals surface area (Å²) in [6.07, 6.45) is 2.00. The molecule has 2 fully saturated rings. The number of hydrogen-bond donors (Lipinski definition) is 2. The van der Waals surface area contributed by atoms with Crippen LogP contribution in [0.5, 0.6) is 5.75 Å². The summed E-state index contributed by atoms with van der Waals surface area (Å²) in [5.74, 6) is -1.19. The SMILES string of the molecule is COc1ccccc1CC(CNC(=O)C1CC12CCS(=O)(=O)CC2)C(=O)O. The molecule has 2 N–H and O–H groups in total. The Hall–Kier alpha value is -2.09. The summed E-state index contributed by atoms with van der Waals surface area (Å²) in [7, 11) is -1.43. The van der Waals surface area contributed by atoms with E-state index in [0.717, 1.165) is 5.56 Å². The van der Waals surface area contributed by atoms with Crippen LogP contribution in [0.25, 0.3) is 0 Å². The van der Waals surface area contributed by atoms with Crippen LogP contribution in [0.15, 0.2) is 24.3 Å². The first-order chi connectivity index (χ1) is 12.8.